The second-order valence-electron chi connectivity index (χ2n) is 5.60. The highest BCUT2D eigenvalue weighted by molar-refractivity contribution is 7.99. The quantitative estimate of drug-likeness (QED) is 0.621. The van der Waals surface area contributed by atoms with Crippen LogP contribution in [0, 0.1) is 0 Å². The van der Waals surface area contributed by atoms with Gasteiger partial charge in [0.25, 0.3) is 0 Å². The summed E-state index contributed by atoms with van der Waals surface area (Å²) in [6.45, 7) is 4.16. The predicted octanol–water partition coefficient (Wildman–Crippen LogP) is -0.961. The molecule has 0 bridgehead atoms. The van der Waals surface area contributed by atoms with Crippen LogP contribution in [0.25, 0.3) is 5.69 Å². The third kappa shape index (κ3) is 4.44. The van der Waals surface area contributed by atoms with Crippen molar-refractivity contribution >= 4 is 11.8 Å². The Morgan fingerprint density at radius 2 is 2.08 bits per heavy atom. The van der Waals surface area contributed by atoms with Gasteiger partial charge in [0.2, 0.25) is 5.16 Å². The molecular weight excluding hydrogens is 330 g/mol. The molecule has 3 rings (SSSR count). The first kappa shape index (κ1) is 17.2. The molecule has 1 saturated heterocycles. The van der Waals surface area contributed by atoms with Crippen molar-refractivity contribution < 1.29 is 19.5 Å². The highest BCUT2D eigenvalue weighted by Crippen LogP contribution is 2.20. The van der Waals surface area contributed by atoms with Crippen LogP contribution in [0.4, 0.5) is 0 Å². The van der Waals surface area contributed by atoms with Gasteiger partial charge in [0, 0.05) is 5.75 Å². The van der Waals surface area contributed by atoms with Gasteiger partial charge < -0.3 is 19.5 Å². The lowest BCUT2D eigenvalue weighted by Crippen LogP contribution is -3.15. The van der Waals surface area contributed by atoms with E-state index in [0.717, 1.165) is 44.3 Å². The third-order valence-corrected chi connectivity index (χ3v) is 4.95. The maximum absolute atomic E-state index is 10.3. The summed E-state index contributed by atoms with van der Waals surface area (Å²) in [5.74, 6) is 1.34. The normalized spacial score (nSPS) is 16.9. The highest BCUT2D eigenvalue weighted by atomic mass is 32.2. The van der Waals surface area contributed by atoms with E-state index < -0.39 is 6.10 Å². The molecule has 2 N–H and O–H groups in total. The average molecular weight is 352 g/mol. The molecule has 8 nitrogen and oxygen atoms in total. The summed E-state index contributed by atoms with van der Waals surface area (Å²) >= 11 is 1.46. The number of aromatic nitrogens is 4. The fourth-order valence-corrected chi connectivity index (χ4v) is 3.40. The number of methoxy groups -OCH3 is 1. The van der Waals surface area contributed by atoms with Gasteiger partial charge in [-0.25, -0.2) is 0 Å². The first-order valence-electron chi connectivity index (χ1n) is 7.91. The van der Waals surface area contributed by atoms with Crippen molar-refractivity contribution in [3.63, 3.8) is 0 Å². The number of nitrogens with zero attached hydrogens (tertiary/aromatic N) is 4. The Hall–Kier alpha value is -1.68. The van der Waals surface area contributed by atoms with Crippen LogP contribution in [0.3, 0.4) is 0 Å². The van der Waals surface area contributed by atoms with E-state index in [9.17, 15) is 5.11 Å². The molecule has 0 amide bonds. The lowest BCUT2D eigenvalue weighted by molar-refractivity contribution is -0.910. The van der Waals surface area contributed by atoms with E-state index in [1.165, 1.54) is 16.7 Å². The van der Waals surface area contributed by atoms with E-state index >= 15 is 0 Å². The standard InChI is InChI=1S/C15H21N5O3S/c1-22-14-4-2-12(3-5-14)20-15(16-17-18-20)24-11-13(21)10-19-6-8-23-9-7-19/h2-5,13,21H,6-11H2,1H3/p+1/t13-/m1/s1. The molecule has 130 valence electrons. The number of rotatable bonds is 7. The van der Waals surface area contributed by atoms with Crippen molar-refractivity contribution in [3.05, 3.63) is 24.3 Å². The maximum Gasteiger partial charge on any atom is 0.214 e. The van der Waals surface area contributed by atoms with Crippen LogP contribution in [-0.2, 0) is 4.74 Å². The number of benzene rings is 1. The monoisotopic (exact) mass is 352 g/mol. The van der Waals surface area contributed by atoms with Crippen molar-refractivity contribution in [2.24, 2.45) is 0 Å². The maximum atomic E-state index is 10.3. The molecule has 0 spiro atoms. The Balaban J connectivity index is 1.56. The molecule has 9 heteroatoms. The minimum atomic E-state index is -0.399. The Bertz CT molecular complexity index is 630. The fraction of sp³-hybridized carbons (Fsp3) is 0.533. The summed E-state index contributed by atoms with van der Waals surface area (Å²) in [6.07, 6.45) is -0.399. The van der Waals surface area contributed by atoms with Crippen LogP contribution < -0.4 is 9.64 Å². The molecule has 0 radical (unpaired) electrons. The van der Waals surface area contributed by atoms with Gasteiger partial charge in [-0.2, -0.15) is 4.68 Å². The number of aliphatic hydroxyl groups is 1. The lowest BCUT2D eigenvalue weighted by atomic mass is 10.3. The lowest BCUT2D eigenvalue weighted by Gasteiger charge is -2.25. The Morgan fingerprint density at radius 1 is 1.33 bits per heavy atom. The molecule has 0 aliphatic carbocycles. The van der Waals surface area contributed by atoms with Gasteiger partial charge in [-0.1, -0.05) is 11.8 Å². The van der Waals surface area contributed by atoms with E-state index in [-0.39, 0.29) is 0 Å². The van der Waals surface area contributed by atoms with E-state index in [0.29, 0.717) is 10.9 Å². The number of morpholine rings is 1. The van der Waals surface area contributed by atoms with Gasteiger partial charge in [0.05, 0.1) is 26.0 Å². The minimum absolute atomic E-state index is 0.399. The Labute approximate surface area is 144 Å². The zero-order valence-corrected chi connectivity index (χ0v) is 14.4. The number of hydrogen-bond donors (Lipinski definition) is 2. The number of aliphatic hydroxyl groups excluding tert-OH is 1. The molecule has 1 aliphatic rings. The molecule has 1 fully saturated rings. The number of thioether (sulfide) groups is 1. The first-order chi connectivity index (χ1) is 11.8. The molecule has 1 aromatic heterocycles. The van der Waals surface area contributed by atoms with E-state index in [1.807, 2.05) is 24.3 Å². The van der Waals surface area contributed by atoms with E-state index in [1.54, 1.807) is 11.8 Å². The van der Waals surface area contributed by atoms with Crippen molar-refractivity contribution in [1.29, 1.82) is 0 Å². The second kappa shape index (κ2) is 8.43. The van der Waals surface area contributed by atoms with Crippen LogP contribution in [0.1, 0.15) is 0 Å². The molecule has 2 heterocycles. The topological polar surface area (TPSA) is 86.7 Å². The summed E-state index contributed by atoms with van der Waals surface area (Å²) in [5.41, 5.74) is 0.858. The second-order valence-corrected chi connectivity index (χ2v) is 6.59. The summed E-state index contributed by atoms with van der Waals surface area (Å²) in [6, 6.07) is 7.52. The van der Waals surface area contributed by atoms with Crippen LogP contribution in [0.15, 0.2) is 29.4 Å². The molecule has 0 unspecified atom stereocenters. The smallest absolute Gasteiger partial charge is 0.214 e. The van der Waals surface area contributed by atoms with Crippen LogP contribution in [-0.4, -0.2) is 77.1 Å². The zero-order chi connectivity index (χ0) is 16.8. The van der Waals surface area contributed by atoms with Crippen molar-refractivity contribution in [1.82, 2.24) is 20.2 Å². The minimum Gasteiger partial charge on any atom is -0.497 e. The van der Waals surface area contributed by atoms with Gasteiger partial charge in [-0.15, -0.1) is 5.10 Å². The highest BCUT2D eigenvalue weighted by Gasteiger charge is 2.19. The van der Waals surface area contributed by atoms with Crippen LogP contribution in [0.2, 0.25) is 0 Å². The molecule has 24 heavy (non-hydrogen) atoms. The van der Waals surface area contributed by atoms with Gasteiger partial charge in [0.15, 0.2) is 0 Å². The van der Waals surface area contributed by atoms with Gasteiger partial charge >= 0.3 is 0 Å². The number of tetrazole rings is 1. The van der Waals surface area contributed by atoms with Gasteiger partial charge in [-0.3, -0.25) is 0 Å². The molecule has 1 aromatic carbocycles. The summed E-state index contributed by atoms with van der Waals surface area (Å²) in [7, 11) is 1.63. The van der Waals surface area contributed by atoms with Crippen molar-refractivity contribution in [2.75, 3.05) is 45.7 Å². The van der Waals surface area contributed by atoms with E-state index in [2.05, 4.69) is 15.5 Å². The molecule has 2 aromatic rings. The predicted molar refractivity (Wildman–Crippen MR) is 88.8 cm³/mol. The number of ether oxygens (including phenoxy) is 2. The van der Waals surface area contributed by atoms with Crippen molar-refractivity contribution in [3.8, 4) is 11.4 Å². The first-order valence-corrected chi connectivity index (χ1v) is 8.90. The van der Waals surface area contributed by atoms with Gasteiger partial charge in [-0.05, 0) is 34.7 Å². The molecule has 1 atom stereocenters. The molecule has 1 aliphatic heterocycles. The fourth-order valence-electron chi connectivity index (χ4n) is 2.58. The Kier molecular flexibility index (Phi) is 6.02. The third-order valence-electron chi connectivity index (χ3n) is 3.89. The molecular formula is C15H22N5O3S+. The summed E-state index contributed by atoms with van der Waals surface area (Å²) in [5, 5.41) is 22.7. The number of quaternary nitrogens is 1. The largest absolute Gasteiger partial charge is 0.497 e. The SMILES string of the molecule is COc1ccc(-n2nnnc2SC[C@H](O)C[NH+]2CCOCC2)cc1. The average Bonchev–Trinajstić information content (AvgIpc) is 3.09. The number of nitrogens with one attached hydrogen (secondary N) is 1. The number of hydrogen-bond acceptors (Lipinski definition) is 7. The van der Waals surface area contributed by atoms with Crippen LogP contribution in [0.5, 0.6) is 5.75 Å². The summed E-state index contributed by atoms with van der Waals surface area (Å²) in [4.78, 5) is 1.38. The Morgan fingerprint density at radius 3 is 2.79 bits per heavy atom. The van der Waals surface area contributed by atoms with E-state index in [4.69, 9.17) is 9.47 Å². The van der Waals surface area contributed by atoms with Gasteiger partial charge in [0.1, 0.15) is 31.5 Å². The molecule has 0 saturated carbocycles. The zero-order valence-electron chi connectivity index (χ0n) is 13.6. The van der Waals surface area contributed by atoms with Crippen LogP contribution >= 0.6 is 11.8 Å². The van der Waals surface area contributed by atoms with Crippen molar-refractivity contribution in [2.45, 2.75) is 11.3 Å². The summed E-state index contributed by atoms with van der Waals surface area (Å²) < 4.78 is 12.2.